The summed E-state index contributed by atoms with van der Waals surface area (Å²) < 4.78 is 15.2. The van der Waals surface area contributed by atoms with E-state index in [4.69, 9.17) is 14.2 Å². The fourth-order valence-corrected chi connectivity index (χ4v) is 3.41. The van der Waals surface area contributed by atoms with E-state index in [1.807, 2.05) is 0 Å². The summed E-state index contributed by atoms with van der Waals surface area (Å²) in [6.45, 7) is -0.0693. The molecular formula is C20H22O8. The van der Waals surface area contributed by atoms with Crippen LogP contribution in [0.15, 0.2) is 36.4 Å². The summed E-state index contributed by atoms with van der Waals surface area (Å²) in [5, 5.41) is 41.1. The molecule has 28 heavy (non-hydrogen) atoms. The molecule has 8 nitrogen and oxygen atoms in total. The molecule has 1 aliphatic rings. The highest BCUT2D eigenvalue weighted by Crippen LogP contribution is 2.43. The Morgan fingerprint density at radius 3 is 1.93 bits per heavy atom. The Hall–Kier alpha value is -2.97. The predicted octanol–water partition coefficient (Wildman–Crippen LogP) is 1.67. The summed E-state index contributed by atoms with van der Waals surface area (Å²) in [4.78, 5) is 12.3. The van der Waals surface area contributed by atoms with Gasteiger partial charge in [0.2, 0.25) is 0 Å². The molecule has 0 spiro atoms. The van der Waals surface area contributed by atoms with E-state index in [0.29, 0.717) is 11.1 Å². The number of aliphatic hydroxyl groups is 2. The van der Waals surface area contributed by atoms with Crippen LogP contribution in [0, 0.1) is 11.8 Å². The smallest absolute Gasteiger partial charge is 0.312 e. The number of carbonyl (C=O) groups is 1. The number of rotatable bonds is 6. The topological polar surface area (TPSA) is 126 Å². The SMILES string of the molecule is COc1cc([C@@H](O)[C@H]2COC(=O)[C@@H]2[C@H](O)c2ccc(O)c(OC)c2)ccc1O. The molecule has 0 bridgehead atoms. The first-order valence-electron chi connectivity index (χ1n) is 8.64. The van der Waals surface area contributed by atoms with Crippen LogP contribution in [0.5, 0.6) is 23.0 Å². The summed E-state index contributed by atoms with van der Waals surface area (Å²) >= 11 is 0. The molecule has 1 aliphatic heterocycles. The maximum Gasteiger partial charge on any atom is 0.312 e. The molecule has 1 fully saturated rings. The molecule has 0 unspecified atom stereocenters. The van der Waals surface area contributed by atoms with Crippen LogP contribution in [0.2, 0.25) is 0 Å². The predicted molar refractivity (Wildman–Crippen MR) is 97.2 cm³/mol. The second-order valence-electron chi connectivity index (χ2n) is 6.57. The lowest BCUT2D eigenvalue weighted by atomic mass is 9.81. The highest BCUT2D eigenvalue weighted by atomic mass is 16.5. The minimum atomic E-state index is -1.27. The quantitative estimate of drug-likeness (QED) is 0.549. The molecule has 0 amide bonds. The Morgan fingerprint density at radius 2 is 1.43 bits per heavy atom. The Labute approximate surface area is 161 Å². The van der Waals surface area contributed by atoms with E-state index in [2.05, 4.69) is 0 Å². The van der Waals surface area contributed by atoms with Crippen molar-refractivity contribution in [1.29, 1.82) is 0 Å². The van der Waals surface area contributed by atoms with Crippen LogP contribution in [0.3, 0.4) is 0 Å². The van der Waals surface area contributed by atoms with Crippen molar-refractivity contribution in [3.63, 3.8) is 0 Å². The van der Waals surface area contributed by atoms with Gasteiger partial charge in [-0.3, -0.25) is 4.79 Å². The lowest BCUT2D eigenvalue weighted by Gasteiger charge is -2.26. The number of aromatic hydroxyl groups is 2. The molecule has 0 saturated carbocycles. The van der Waals surface area contributed by atoms with Crippen LogP contribution < -0.4 is 9.47 Å². The van der Waals surface area contributed by atoms with E-state index >= 15 is 0 Å². The Morgan fingerprint density at radius 1 is 0.929 bits per heavy atom. The number of esters is 1. The van der Waals surface area contributed by atoms with Crippen molar-refractivity contribution in [2.24, 2.45) is 11.8 Å². The van der Waals surface area contributed by atoms with Gasteiger partial charge in [-0.1, -0.05) is 12.1 Å². The van der Waals surface area contributed by atoms with Gasteiger partial charge in [-0.15, -0.1) is 0 Å². The standard InChI is InChI=1S/C20H22O8/c1-26-15-7-10(3-5-13(15)21)18(23)12-9-28-20(25)17(12)19(24)11-4-6-14(22)16(8-11)27-2/h3-8,12,17-19,21-24H,9H2,1-2H3/t12-,17-,18+,19+/m0/s1. The molecule has 0 aliphatic carbocycles. The van der Waals surface area contributed by atoms with Crippen molar-refractivity contribution in [2.75, 3.05) is 20.8 Å². The van der Waals surface area contributed by atoms with E-state index < -0.39 is 30.0 Å². The summed E-state index contributed by atoms with van der Waals surface area (Å²) in [5.41, 5.74) is 0.762. The van der Waals surface area contributed by atoms with E-state index in [9.17, 15) is 25.2 Å². The molecule has 0 aromatic heterocycles. The molecule has 2 aromatic carbocycles. The first-order chi connectivity index (χ1) is 13.4. The third kappa shape index (κ3) is 3.56. The van der Waals surface area contributed by atoms with Crippen LogP contribution in [0.1, 0.15) is 23.3 Å². The molecule has 1 heterocycles. The molecule has 150 valence electrons. The summed E-state index contributed by atoms with van der Waals surface area (Å²) in [5.74, 6) is -2.22. The molecule has 4 atom stereocenters. The number of ether oxygens (including phenoxy) is 3. The van der Waals surface area contributed by atoms with Crippen molar-refractivity contribution < 1.29 is 39.4 Å². The van der Waals surface area contributed by atoms with Gasteiger partial charge < -0.3 is 34.6 Å². The third-order valence-electron chi connectivity index (χ3n) is 4.99. The minimum Gasteiger partial charge on any atom is -0.504 e. The zero-order valence-electron chi connectivity index (χ0n) is 15.4. The number of cyclic esters (lactones) is 1. The van der Waals surface area contributed by atoms with Gasteiger partial charge in [-0.2, -0.15) is 0 Å². The molecule has 2 aromatic rings. The van der Waals surface area contributed by atoms with Crippen LogP contribution in [-0.4, -0.2) is 47.2 Å². The number of carbonyl (C=O) groups excluding carboxylic acids is 1. The van der Waals surface area contributed by atoms with Crippen LogP contribution in [0.25, 0.3) is 0 Å². The number of benzene rings is 2. The van der Waals surface area contributed by atoms with Gasteiger partial charge in [-0.25, -0.2) is 0 Å². The number of hydrogen-bond acceptors (Lipinski definition) is 8. The normalized spacial score (nSPS) is 21.1. The summed E-state index contributed by atoms with van der Waals surface area (Å²) in [6.07, 6.45) is -2.41. The summed E-state index contributed by atoms with van der Waals surface area (Å²) in [6, 6.07) is 8.62. The number of methoxy groups -OCH3 is 2. The summed E-state index contributed by atoms with van der Waals surface area (Å²) in [7, 11) is 2.76. The highest BCUT2D eigenvalue weighted by Gasteiger charge is 2.46. The van der Waals surface area contributed by atoms with Crippen molar-refractivity contribution in [3.8, 4) is 23.0 Å². The van der Waals surface area contributed by atoms with Crippen LogP contribution in [-0.2, 0) is 9.53 Å². The first kappa shape index (κ1) is 19.8. The van der Waals surface area contributed by atoms with E-state index in [-0.39, 0.29) is 29.6 Å². The lowest BCUT2D eigenvalue weighted by molar-refractivity contribution is -0.144. The maximum absolute atomic E-state index is 12.3. The lowest BCUT2D eigenvalue weighted by Crippen LogP contribution is -2.28. The maximum atomic E-state index is 12.3. The Kier molecular flexibility index (Phi) is 5.62. The monoisotopic (exact) mass is 390 g/mol. The number of phenolic OH excluding ortho intramolecular Hbond substituents is 2. The van der Waals surface area contributed by atoms with Crippen LogP contribution >= 0.6 is 0 Å². The largest absolute Gasteiger partial charge is 0.504 e. The highest BCUT2D eigenvalue weighted by molar-refractivity contribution is 5.76. The molecule has 4 N–H and O–H groups in total. The van der Waals surface area contributed by atoms with Crippen LogP contribution in [0.4, 0.5) is 0 Å². The fourth-order valence-electron chi connectivity index (χ4n) is 3.41. The van der Waals surface area contributed by atoms with Gasteiger partial charge in [0.25, 0.3) is 0 Å². The average Bonchev–Trinajstić information content (AvgIpc) is 3.09. The van der Waals surface area contributed by atoms with E-state index in [1.165, 1.54) is 50.6 Å². The molecule has 0 radical (unpaired) electrons. The van der Waals surface area contributed by atoms with Gasteiger partial charge in [0, 0.05) is 5.92 Å². The van der Waals surface area contributed by atoms with Gasteiger partial charge in [0.15, 0.2) is 23.0 Å². The van der Waals surface area contributed by atoms with E-state index in [0.717, 1.165) is 0 Å². The average molecular weight is 390 g/mol. The molecule has 1 saturated heterocycles. The fraction of sp³-hybridized carbons (Fsp3) is 0.350. The van der Waals surface area contributed by atoms with Gasteiger partial charge in [0.05, 0.1) is 39.0 Å². The molecule has 8 heteroatoms. The Balaban J connectivity index is 1.90. The molecular weight excluding hydrogens is 368 g/mol. The number of aliphatic hydroxyl groups excluding tert-OH is 2. The minimum absolute atomic E-state index is 0.0693. The van der Waals surface area contributed by atoms with Crippen molar-refractivity contribution >= 4 is 5.97 Å². The second-order valence-corrected chi connectivity index (χ2v) is 6.57. The van der Waals surface area contributed by atoms with Gasteiger partial charge >= 0.3 is 5.97 Å². The molecule has 3 rings (SSSR count). The van der Waals surface area contributed by atoms with Crippen molar-refractivity contribution in [3.05, 3.63) is 47.5 Å². The van der Waals surface area contributed by atoms with Crippen molar-refractivity contribution in [1.82, 2.24) is 0 Å². The number of phenols is 2. The van der Waals surface area contributed by atoms with Gasteiger partial charge in [0.1, 0.15) is 0 Å². The van der Waals surface area contributed by atoms with Crippen molar-refractivity contribution in [2.45, 2.75) is 12.2 Å². The number of hydrogen-bond donors (Lipinski definition) is 4. The zero-order valence-corrected chi connectivity index (χ0v) is 15.4. The first-order valence-corrected chi connectivity index (χ1v) is 8.64. The van der Waals surface area contributed by atoms with Gasteiger partial charge in [-0.05, 0) is 35.4 Å². The second kappa shape index (κ2) is 7.95. The Bertz CT molecular complexity index is 865. The zero-order chi connectivity index (χ0) is 20.4. The third-order valence-corrected chi connectivity index (χ3v) is 4.99. The van der Waals surface area contributed by atoms with E-state index in [1.54, 1.807) is 0 Å².